The van der Waals surface area contributed by atoms with E-state index >= 15 is 0 Å². The molecule has 26 heavy (non-hydrogen) atoms. The van der Waals surface area contributed by atoms with Crippen LogP contribution in [0.4, 0.5) is 0 Å². The van der Waals surface area contributed by atoms with Crippen molar-refractivity contribution in [2.75, 3.05) is 13.1 Å². The van der Waals surface area contributed by atoms with Crippen LogP contribution in [0.3, 0.4) is 0 Å². The summed E-state index contributed by atoms with van der Waals surface area (Å²) in [6, 6.07) is 9.15. The summed E-state index contributed by atoms with van der Waals surface area (Å²) in [4.78, 5) is 25.7. The van der Waals surface area contributed by atoms with Crippen molar-refractivity contribution in [2.24, 2.45) is 13.0 Å². The zero-order chi connectivity index (χ0) is 18.5. The largest absolute Gasteiger partial charge is 0.478 e. The number of nitrogens with zero attached hydrogens (tertiary/aromatic N) is 3. The molecule has 1 aromatic carbocycles. The number of benzene rings is 1. The third-order valence-electron chi connectivity index (χ3n) is 5.24. The maximum absolute atomic E-state index is 12.4. The Morgan fingerprint density at radius 1 is 1.19 bits per heavy atom. The third-order valence-corrected chi connectivity index (χ3v) is 5.24. The molecule has 0 saturated carbocycles. The van der Waals surface area contributed by atoms with Gasteiger partial charge < -0.3 is 10.0 Å². The Labute approximate surface area is 153 Å². The average molecular weight is 355 g/mol. The van der Waals surface area contributed by atoms with Crippen molar-refractivity contribution in [3.05, 3.63) is 53.3 Å². The van der Waals surface area contributed by atoms with E-state index in [2.05, 4.69) is 5.10 Å². The fourth-order valence-corrected chi connectivity index (χ4v) is 3.64. The smallest absolute Gasteiger partial charge is 0.335 e. The molecule has 1 aliphatic rings. The quantitative estimate of drug-likeness (QED) is 0.864. The number of piperidine rings is 1. The molecule has 1 aliphatic heterocycles. The van der Waals surface area contributed by atoms with E-state index in [4.69, 9.17) is 0 Å². The zero-order valence-corrected chi connectivity index (χ0v) is 15.1. The first-order valence-corrected chi connectivity index (χ1v) is 9.10. The molecule has 0 spiro atoms. The molecule has 1 N–H and O–H groups in total. The maximum Gasteiger partial charge on any atom is 0.335 e. The zero-order valence-electron chi connectivity index (χ0n) is 15.1. The van der Waals surface area contributed by atoms with Crippen LogP contribution in [-0.4, -0.2) is 44.8 Å². The topological polar surface area (TPSA) is 75.4 Å². The second-order valence-electron chi connectivity index (χ2n) is 6.94. The van der Waals surface area contributed by atoms with Crippen LogP contribution in [0.25, 0.3) is 0 Å². The van der Waals surface area contributed by atoms with Crippen molar-refractivity contribution in [1.29, 1.82) is 0 Å². The number of hydrogen-bond donors (Lipinski definition) is 1. The number of carbonyl (C=O) groups is 2. The van der Waals surface area contributed by atoms with E-state index in [-0.39, 0.29) is 5.91 Å². The van der Waals surface area contributed by atoms with Gasteiger partial charge in [0.05, 0.1) is 5.56 Å². The summed E-state index contributed by atoms with van der Waals surface area (Å²) in [5.74, 6) is -0.254. The van der Waals surface area contributed by atoms with Crippen molar-refractivity contribution < 1.29 is 14.7 Å². The second kappa shape index (κ2) is 8.17. The number of carboxylic acids is 1. The van der Waals surface area contributed by atoms with Crippen LogP contribution in [0, 0.1) is 5.92 Å². The monoisotopic (exact) mass is 355 g/mol. The number of likely N-dealkylation sites (tertiary alicyclic amines) is 1. The lowest BCUT2D eigenvalue weighted by atomic mass is 9.88. The molecule has 2 aromatic rings. The highest BCUT2D eigenvalue weighted by molar-refractivity contribution is 5.89. The molecule has 3 rings (SSSR count). The molecule has 1 saturated heterocycles. The molecule has 2 heterocycles. The molecule has 0 atom stereocenters. The molecule has 1 amide bonds. The van der Waals surface area contributed by atoms with E-state index in [0.29, 0.717) is 24.3 Å². The Morgan fingerprint density at radius 2 is 1.92 bits per heavy atom. The van der Waals surface area contributed by atoms with Crippen molar-refractivity contribution in [1.82, 2.24) is 14.7 Å². The molecular formula is C20H25N3O3. The first-order valence-electron chi connectivity index (χ1n) is 9.10. The number of carboxylic acid groups (broad SMARTS) is 1. The minimum Gasteiger partial charge on any atom is -0.478 e. The molecule has 0 aliphatic carbocycles. The number of carbonyl (C=O) groups excluding carboxylic acids is 1. The molecular weight excluding hydrogens is 330 g/mol. The molecule has 0 radical (unpaired) electrons. The summed E-state index contributed by atoms with van der Waals surface area (Å²) in [7, 11) is 1.89. The number of aromatic nitrogens is 2. The minimum absolute atomic E-state index is 0.190. The molecule has 138 valence electrons. The van der Waals surface area contributed by atoms with E-state index < -0.39 is 5.97 Å². The summed E-state index contributed by atoms with van der Waals surface area (Å²) in [5, 5.41) is 13.4. The van der Waals surface area contributed by atoms with Crippen LogP contribution in [0.1, 0.15) is 40.9 Å². The number of aryl methyl sites for hydroxylation is 2. The van der Waals surface area contributed by atoms with Crippen molar-refractivity contribution in [3.8, 4) is 0 Å². The first-order chi connectivity index (χ1) is 12.5. The Balaban J connectivity index is 1.49. The van der Waals surface area contributed by atoms with Gasteiger partial charge in [0, 0.05) is 38.4 Å². The van der Waals surface area contributed by atoms with Gasteiger partial charge in [0.2, 0.25) is 5.91 Å². The van der Waals surface area contributed by atoms with E-state index in [1.807, 2.05) is 30.1 Å². The lowest BCUT2D eigenvalue weighted by Gasteiger charge is -2.32. The SMILES string of the molecule is Cn1nccc1CCC(=O)N1CCC(Cc2ccccc2C(=O)O)CC1. The van der Waals surface area contributed by atoms with E-state index in [9.17, 15) is 14.7 Å². The highest BCUT2D eigenvalue weighted by Crippen LogP contribution is 2.24. The van der Waals surface area contributed by atoms with Crippen LogP contribution in [-0.2, 0) is 24.7 Å². The van der Waals surface area contributed by atoms with E-state index in [1.165, 1.54) is 0 Å². The maximum atomic E-state index is 12.4. The number of amides is 1. The second-order valence-corrected chi connectivity index (χ2v) is 6.94. The van der Waals surface area contributed by atoms with E-state index in [0.717, 1.165) is 43.6 Å². The van der Waals surface area contributed by atoms with Crippen LogP contribution in [0.5, 0.6) is 0 Å². The summed E-state index contributed by atoms with van der Waals surface area (Å²) >= 11 is 0. The van der Waals surface area contributed by atoms with Gasteiger partial charge in [-0.15, -0.1) is 0 Å². The van der Waals surface area contributed by atoms with Crippen molar-refractivity contribution in [2.45, 2.75) is 32.1 Å². The summed E-state index contributed by atoms with van der Waals surface area (Å²) in [5.41, 5.74) is 2.35. The lowest BCUT2D eigenvalue weighted by molar-refractivity contribution is -0.132. The molecule has 1 fully saturated rings. The molecule has 6 nitrogen and oxygen atoms in total. The van der Waals surface area contributed by atoms with Gasteiger partial charge in [-0.1, -0.05) is 18.2 Å². The Morgan fingerprint density at radius 3 is 2.58 bits per heavy atom. The summed E-state index contributed by atoms with van der Waals surface area (Å²) in [6.07, 6.45) is 5.57. The molecule has 0 unspecified atom stereocenters. The highest BCUT2D eigenvalue weighted by Gasteiger charge is 2.24. The predicted molar refractivity (Wildman–Crippen MR) is 97.9 cm³/mol. The predicted octanol–water partition coefficient (Wildman–Crippen LogP) is 2.53. The van der Waals surface area contributed by atoms with Crippen molar-refractivity contribution in [3.63, 3.8) is 0 Å². The Kier molecular flexibility index (Phi) is 5.71. The lowest BCUT2D eigenvalue weighted by Crippen LogP contribution is -2.39. The highest BCUT2D eigenvalue weighted by atomic mass is 16.4. The average Bonchev–Trinajstić information content (AvgIpc) is 3.05. The van der Waals surface area contributed by atoms with Crippen LogP contribution in [0.15, 0.2) is 36.5 Å². The first kappa shape index (κ1) is 18.2. The molecule has 1 aromatic heterocycles. The minimum atomic E-state index is -0.872. The van der Waals surface area contributed by atoms with E-state index in [1.54, 1.807) is 23.0 Å². The van der Waals surface area contributed by atoms with Gasteiger partial charge in [-0.05, 0) is 49.3 Å². The van der Waals surface area contributed by atoms with Crippen LogP contribution < -0.4 is 0 Å². The normalized spacial score (nSPS) is 15.2. The van der Waals surface area contributed by atoms with Crippen LogP contribution in [0.2, 0.25) is 0 Å². The third kappa shape index (κ3) is 4.31. The summed E-state index contributed by atoms with van der Waals surface area (Å²) in [6.45, 7) is 1.51. The van der Waals surface area contributed by atoms with Gasteiger partial charge in [0.15, 0.2) is 0 Å². The molecule has 6 heteroatoms. The number of aromatic carboxylic acids is 1. The Hall–Kier alpha value is -2.63. The van der Waals surface area contributed by atoms with Gasteiger partial charge in [0.1, 0.15) is 0 Å². The van der Waals surface area contributed by atoms with Gasteiger partial charge in [-0.2, -0.15) is 5.10 Å². The number of rotatable bonds is 6. The standard InChI is InChI=1S/C20H25N3O3/c1-22-17(8-11-21-22)6-7-19(24)23-12-9-15(10-13-23)14-16-4-2-3-5-18(16)20(25)26/h2-5,8,11,15H,6-7,9-10,12-14H2,1H3,(H,25,26). The van der Waals surface area contributed by atoms with Crippen LogP contribution >= 0.6 is 0 Å². The van der Waals surface area contributed by atoms with Crippen molar-refractivity contribution >= 4 is 11.9 Å². The van der Waals surface area contributed by atoms with Gasteiger partial charge in [0.25, 0.3) is 0 Å². The van der Waals surface area contributed by atoms with Gasteiger partial charge in [-0.25, -0.2) is 4.79 Å². The Bertz CT molecular complexity index is 776. The fourth-order valence-electron chi connectivity index (χ4n) is 3.64. The summed E-state index contributed by atoms with van der Waals surface area (Å²) < 4.78 is 1.80. The fraction of sp³-hybridized carbons (Fsp3) is 0.450. The van der Waals surface area contributed by atoms with Gasteiger partial charge >= 0.3 is 5.97 Å². The number of hydrogen-bond acceptors (Lipinski definition) is 3. The molecule has 0 bridgehead atoms. The van der Waals surface area contributed by atoms with Gasteiger partial charge in [-0.3, -0.25) is 9.48 Å².